The highest BCUT2D eigenvalue weighted by molar-refractivity contribution is 7.18. The van der Waals surface area contributed by atoms with Crippen LogP contribution < -0.4 is 11.1 Å². The van der Waals surface area contributed by atoms with Gasteiger partial charge in [0.25, 0.3) is 5.91 Å². The second kappa shape index (κ2) is 6.21. The molecule has 1 amide bonds. The predicted octanol–water partition coefficient (Wildman–Crippen LogP) is 1.00. The number of likely N-dealkylation sites (tertiary alicyclic amines) is 1. The van der Waals surface area contributed by atoms with Gasteiger partial charge in [-0.15, -0.1) is 0 Å². The molecule has 0 spiro atoms. The molecule has 2 rings (SSSR count). The molecule has 0 aliphatic carbocycles. The molecule has 0 radical (unpaired) electrons. The first-order chi connectivity index (χ1) is 9.15. The van der Waals surface area contributed by atoms with Crippen LogP contribution >= 0.6 is 11.3 Å². The minimum atomic E-state index is -0.0425. The lowest BCUT2D eigenvalue weighted by atomic mass is 9.95. The van der Waals surface area contributed by atoms with Crippen molar-refractivity contribution in [2.24, 2.45) is 5.92 Å². The van der Waals surface area contributed by atoms with Gasteiger partial charge in [-0.1, -0.05) is 11.3 Å². The van der Waals surface area contributed by atoms with Gasteiger partial charge in [0.2, 0.25) is 0 Å². The zero-order valence-corrected chi connectivity index (χ0v) is 11.9. The summed E-state index contributed by atoms with van der Waals surface area (Å²) in [5, 5.41) is 12.6. The van der Waals surface area contributed by atoms with E-state index in [0.717, 1.165) is 25.8 Å². The summed E-state index contributed by atoms with van der Waals surface area (Å²) in [6.07, 6.45) is 2.81. The lowest BCUT2D eigenvalue weighted by Gasteiger charge is -2.32. The van der Waals surface area contributed by atoms with E-state index in [-0.39, 0.29) is 12.5 Å². The number of amides is 1. The van der Waals surface area contributed by atoms with Gasteiger partial charge < -0.3 is 21.1 Å². The Morgan fingerprint density at radius 2 is 2.47 bits per heavy atom. The lowest BCUT2D eigenvalue weighted by Crippen LogP contribution is -2.40. The standard InChI is InChI=1S/C12H20N4O2S/c1-14-12-15-10(13)9(19-12)11(18)16-5-2-3-8(7-16)4-6-17/h8,17H,2-7,13H2,1H3,(H,14,15). The van der Waals surface area contributed by atoms with Crippen LogP contribution in [-0.2, 0) is 0 Å². The summed E-state index contributed by atoms with van der Waals surface area (Å²) in [6, 6.07) is 0. The third kappa shape index (κ3) is 3.16. The van der Waals surface area contributed by atoms with E-state index < -0.39 is 0 Å². The Morgan fingerprint density at radius 3 is 3.11 bits per heavy atom. The summed E-state index contributed by atoms with van der Waals surface area (Å²) in [5.41, 5.74) is 5.79. The molecule has 1 atom stereocenters. The van der Waals surface area contributed by atoms with Crippen molar-refractivity contribution in [1.82, 2.24) is 9.88 Å². The second-order valence-electron chi connectivity index (χ2n) is 4.76. The summed E-state index contributed by atoms with van der Waals surface area (Å²) in [5.74, 6) is 0.642. The lowest BCUT2D eigenvalue weighted by molar-refractivity contribution is 0.0659. The van der Waals surface area contributed by atoms with E-state index in [1.165, 1.54) is 11.3 Å². The monoisotopic (exact) mass is 284 g/mol. The molecule has 19 heavy (non-hydrogen) atoms. The minimum Gasteiger partial charge on any atom is -0.396 e. The van der Waals surface area contributed by atoms with Crippen molar-refractivity contribution in [1.29, 1.82) is 0 Å². The summed E-state index contributed by atoms with van der Waals surface area (Å²) in [6.45, 7) is 1.64. The number of aromatic nitrogens is 1. The number of carbonyl (C=O) groups is 1. The van der Waals surface area contributed by atoms with Crippen LogP contribution in [0.15, 0.2) is 0 Å². The zero-order chi connectivity index (χ0) is 13.8. The van der Waals surface area contributed by atoms with Crippen LogP contribution in [0.2, 0.25) is 0 Å². The molecule has 2 heterocycles. The number of hydrogen-bond donors (Lipinski definition) is 3. The van der Waals surface area contributed by atoms with Gasteiger partial charge >= 0.3 is 0 Å². The van der Waals surface area contributed by atoms with Gasteiger partial charge in [-0.25, -0.2) is 4.98 Å². The molecule has 1 saturated heterocycles. The number of nitrogens with two attached hydrogens (primary N) is 1. The van der Waals surface area contributed by atoms with E-state index in [0.29, 0.717) is 28.3 Å². The molecule has 1 aliphatic rings. The van der Waals surface area contributed by atoms with Crippen LogP contribution in [0.4, 0.5) is 10.9 Å². The van der Waals surface area contributed by atoms with E-state index in [1.54, 1.807) is 7.05 Å². The Balaban J connectivity index is 2.07. The Hall–Kier alpha value is -1.34. The highest BCUT2D eigenvalue weighted by atomic mass is 32.1. The minimum absolute atomic E-state index is 0.0425. The average molecular weight is 284 g/mol. The third-order valence-electron chi connectivity index (χ3n) is 3.41. The number of nitrogen functional groups attached to an aromatic ring is 1. The first-order valence-electron chi connectivity index (χ1n) is 6.50. The Labute approximate surface area is 116 Å². The van der Waals surface area contributed by atoms with Gasteiger partial charge in [-0.3, -0.25) is 4.79 Å². The number of nitrogens with one attached hydrogen (secondary N) is 1. The van der Waals surface area contributed by atoms with Gasteiger partial charge in [-0.05, 0) is 25.2 Å². The summed E-state index contributed by atoms with van der Waals surface area (Å²) < 4.78 is 0. The van der Waals surface area contributed by atoms with Crippen molar-refractivity contribution < 1.29 is 9.90 Å². The van der Waals surface area contributed by atoms with E-state index >= 15 is 0 Å². The second-order valence-corrected chi connectivity index (χ2v) is 5.75. The molecule has 106 valence electrons. The number of nitrogens with zero attached hydrogens (tertiary/aromatic N) is 2. The maximum atomic E-state index is 12.4. The van der Waals surface area contributed by atoms with Crippen LogP contribution in [-0.4, -0.2) is 47.6 Å². The van der Waals surface area contributed by atoms with Crippen molar-refractivity contribution >= 4 is 28.2 Å². The fourth-order valence-electron chi connectivity index (χ4n) is 2.40. The number of anilines is 2. The number of thiazole rings is 1. The number of aliphatic hydroxyl groups is 1. The molecule has 0 bridgehead atoms. The Bertz CT molecular complexity index is 447. The quantitative estimate of drug-likeness (QED) is 0.767. The normalized spacial score (nSPS) is 19.5. The van der Waals surface area contributed by atoms with Gasteiger partial charge in [0.05, 0.1) is 0 Å². The fraction of sp³-hybridized carbons (Fsp3) is 0.667. The summed E-state index contributed by atoms with van der Waals surface area (Å²) in [4.78, 5) is 18.9. The predicted molar refractivity (Wildman–Crippen MR) is 76.4 cm³/mol. The smallest absolute Gasteiger partial charge is 0.267 e. The Morgan fingerprint density at radius 1 is 1.68 bits per heavy atom. The number of piperidine rings is 1. The molecule has 1 fully saturated rings. The highest BCUT2D eigenvalue weighted by Crippen LogP contribution is 2.28. The van der Waals surface area contributed by atoms with Gasteiger partial charge in [0, 0.05) is 26.7 Å². The average Bonchev–Trinajstić information content (AvgIpc) is 2.80. The van der Waals surface area contributed by atoms with Crippen LogP contribution in [0, 0.1) is 5.92 Å². The van der Waals surface area contributed by atoms with Crippen LogP contribution in [0.3, 0.4) is 0 Å². The number of hydrogen-bond acceptors (Lipinski definition) is 6. The summed E-state index contributed by atoms with van der Waals surface area (Å²) >= 11 is 1.29. The van der Waals surface area contributed by atoms with Gasteiger partial charge in [-0.2, -0.15) is 0 Å². The molecule has 0 aromatic carbocycles. The van der Waals surface area contributed by atoms with E-state index in [9.17, 15) is 4.79 Å². The first-order valence-corrected chi connectivity index (χ1v) is 7.31. The molecule has 1 aromatic rings. The summed E-state index contributed by atoms with van der Waals surface area (Å²) in [7, 11) is 1.75. The van der Waals surface area contributed by atoms with Gasteiger partial charge in [0.15, 0.2) is 5.13 Å². The largest absolute Gasteiger partial charge is 0.396 e. The van der Waals surface area contributed by atoms with Crippen LogP contribution in [0.25, 0.3) is 0 Å². The van der Waals surface area contributed by atoms with Crippen molar-refractivity contribution in [3.63, 3.8) is 0 Å². The van der Waals surface area contributed by atoms with Crippen LogP contribution in [0.1, 0.15) is 28.9 Å². The van der Waals surface area contributed by atoms with Gasteiger partial charge in [0.1, 0.15) is 10.7 Å². The molecule has 4 N–H and O–H groups in total. The maximum absolute atomic E-state index is 12.4. The van der Waals surface area contributed by atoms with E-state index in [2.05, 4.69) is 10.3 Å². The topological polar surface area (TPSA) is 91.5 Å². The molecular formula is C12H20N4O2S. The number of rotatable bonds is 4. The SMILES string of the molecule is CNc1nc(N)c(C(=O)N2CCCC(CCO)C2)s1. The molecule has 0 saturated carbocycles. The zero-order valence-electron chi connectivity index (χ0n) is 11.1. The number of aliphatic hydroxyl groups excluding tert-OH is 1. The number of carbonyl (C=O) groups excluding carboxylic acids is 1. The molecule has 6 nitrogen and oxygen atoms in total. The highest BCUT2D eigenvalue weighted by Gasteiger charge is 2.27. The maximum Gasteiger partial charge on any atom is 0.267 e. The van der Waals surface area contributed by atoms with E-state index in [4.69, 9.17) is 10.8 Å². The molecule has 1 unspecified atom stereocenters. The van der Waals surface area contributed by atoms with Crippen LogP contribution in [0.5, 0.6) is 0 Å². The van der Waals surface area contributed by atoms with Crippen molar-refractivity contribution in [2.45, 2.75) is 19.3 Å². The molecule has 7 heteroatoms. The first kappa shape index (κ1) is 14.1. The van der Waals surface area contributed by atoms with Crippen molar-refractivity contribution in [3.05, 3.63) is 4.88 Å². The van der Waals surface area contributed by atoms with E-state index in [1.807, 2.05) is 4.90 Å². The molecule has 1 aliphatic heterocycles. The molecule has 1 aromatic heterocycles. The third-order valence-corrected chi connectivity index (χ3v) is 4.48. The van der Waals surface area contributed by atoms with Crippen molar-refractivity contribution in [3.8, 4) is 0 Å². The Kier molecular flexibility index (Phi) is 4.60. The fourth-order valence-corrected chi connectivity index (χ4v) is 3.21. The van der Waals surface area contributed by atoms with Crippen molar-refractivity contribution in [2.75, 3.05) is 37.8 Å². The molecular weight excluding hydrogens is 264 g/mol.